The van der Waals surface area contributed by atoms with Crippen molar-refractivity contribution in [2.24, 2.45) is 0 Å². The van der Waals surface area contributed by atoms with Gasteiger partial charge in [-0.05, 0) is 66.4 Å². The maximum Gasteiger partial charge on any atom is 0.234 e. The van der Waals surface area contributed by atoms with Crippen LogP contribution in [0.3, 0.4) is 0 Å². The normalized spacial score (nSPS) is 11.8. The number of hydrogen-bond acceptors (Lipinski definition) is 5. The van der Waals surface area contributed by atoms with Crippen LogP contribution < -0.4 is 5.32 Å². The molecule has 168 valence electrons. The molecule has 8 heteroatoms. The zero-order valence-corrected chi connectivity index (χ0v) is 20.0. The van der Waals surface area contributed by atoms with Crippen LogP contribution in [0, 0.1) is 0 Å². The van der Waals surface area contributed by atoms with Gasteiger partial charge in [0.1, 0.15) is 0 Å². The summed E-state index contributed by atoms with van der Waals surface area (Å²) in [7, 11) is 0. The van der Waals surface area contributed by atoms with E-state index in [0.29, 0.717) is 21.9 Å². The van der Waals surface area contributed by atoms with E-state index in [2.05, 4.69) is 46.5 Å². The predicted molar refractivity (Wildman–Crippen MR) is 134 cm³/mol. The SMILES string of the molecule is CC[C@@H](C)c1ccc(NC(=O)CSc2nnc(-c3ccncc3)n2-c2ccc(Cl)cc2)cc1. The fourth-order valence-electron chi connectivity index (χ4n) is 3.33. The number of amides is 1. The van der Waals surface area contributed by atoms with Gasteiger partial charge in [0, 0.05) is 34.4 Å². The van der Waals surface area contributed by atoms with E-state index in [1.165, 1.54) is 17.3 Å². The molecule has 0 aliphatic heterocycles. The van der Waals surface area contributed by atoms with Crippen LogP contribution in [0.4, 0.5) is 5.69 Å². The Morgan fingerprint density at radius 3 is 2.39 bits per heavy atom. The number of thioether (sulfide) groups is 1. The third-order valence-corrected chi connectivity index (χ3v) is 6.55. The van der Waals surface area contributed by atoms with Crippen LogP contribution >= 0.6 is 23.4 Å². The van der Waals surface area contributed by atoms with Crippen LogP contribution in [-0.4, -0.2) is 31.4 Å². The monoisotopic (exact) mass is 477 g/mol. The summed E-state index contributed by atoms with van der Waals surface area (Å²) in [6.07, 6.45) is 4.50. The Morgan fingerprint density at radius 2 is 1.73 bits per heavy atom. The molecule has 0 bridgehead atoms. The Hall–Kier alpha value is -3.16. The van der Waals surface area contributed by atoms with Gasteiger partial charge in [-0.1, -0.05) is 49.3 Å². The average molecular weight is 478 g/mol. The van der Waals surface area contributed by atoms with Crippen molar-refractivity contribution in [1.82, 2.24) is 19.7 Å². The first-order valence-electron chi connectivity index (χ1n) is 10.7. The molecule has 33 heavy (non-hydrogen) atoms. The topological polar surface area (TPSA) is 72.7 Å². The van der Waals surface area contributed by atoms with Crippen molar-refractivity contribution in [3.63, 3.8) is 0 Å². The van der Waals surface area contributed by atoms with Gasteiger partial charge in [0.05, 0.1) is 5.75 Å². The second kappa shape index (κ2) is 10.6. The van der Waals surface area contributed by atoms with E-state index in [-0.39, 0.29) is 11.7 Å². The Kier molecular flexibility index (Phi) is 7.42. The van der Waals surface area contributed by atoms with Crippen LogP contribution in [-0.2, 0) is 4.79 Å². The molecular formula is C25H24ClN5OS. The minimum absolute atomic E-state index is 0.104. The molecule has 0 aliphatic rings. The Labute approximate surface area is 202 Å². The average Bonchev–Trinajstić information content (AvgIpc) is 3.28. The maximum absolute atomic E-state index is 12.6. The fourth-order valence-corrected chi connectivity index (χ4v) is 4.21. The Bertz CT molecular complexity index is 1210. The number of halogens is 1. The second-order valence-electron chi connectivity index (χ2n) is 7.62. The number of benzene rings is 2. The van der Waals surface area contributed by atoms with Crippen molar-refractivity contribution in [1.29, 1.82) is 0 Å². The van der Waals surface area contributed by atoms with Crippen molar-refractivity contribution >= 4 is 35.0 Å². The highest BCUT2D eigenvalue weighted by molar-refractivity contribution is 7.99. The standard InChI is InChI=1S/C25H24ClN5OS/c1-3-17(2)18-4-8-21(9-5-18)28-23(32)16-33-25-30-29-24(19-12-14-27-15-13-19)31(25)22-10-6-20(26)7-11-22/h4-15,17H,3,16H2,1-2H3,(H,28,32)/t17-/m1/s1. The predicted octanol–water partition coefficient (Wildman–Crippen LogP) is 6.23. The summed E-state index contributed by atoms with van der Waals surface area (Å²) < 4.78 is 1.92. The summed E-state index contributed by atoms with van der Waals surface area (Å²) in [4.78, 5) is 16.7. The summed E-state index contributed by atoms with van der Waals surface area (Å²) in [6, 6.07) is 19.2. The molecule has 0 unspecified atom stereocenters. The molecule has 0 aliphatic carbocycles. The summed E-state index contributed by atoms with van der Waals surface area (Å²) >= 11 is 7.41. The molecule has 1 N–H and O–H groups in total. The molecule has 1 amide bonds. The Morgan fingerprint density at radius 1 is 1.03 bits per heavy atom. The minimum atomic E-state index is -0.104. The van der Waals surface area contributed by atoms with Gasteiger partial charge in [-0.25, -0.2) is 0 Å². The van der Waals surface area contributed by atoms with Crippen molar-refractivity contribution in [2.45, 2.75) is 31.3 Å². The van der Waals surface area contributed by atoms with Crippen LogP contribution in [0.1, 0.15) is 31.7 Å². The van der Waals surface area contributed by atoms with Gasteiger partial charge < -0.3 is 5.32 Å². The molecule has 0 spiro atoms. The molecule has 0 saturated carbocycles. The van der Waals surface area contributed by atoms with Crippen molar-refractivity contribution in [2.75, 3.05) is 11.1 Å². The zero-order chi connectivity index (χ0) is 23.2. The molecular weight excluding hydrogens is 454 g/mol. The summed E-state index contributed by atoms with van der Waals surface area (Å²) in [6.45, 7) is 4.36. The number of rotatable bonds is 8. The van der Waals surface area contributed by atoms with Crippen LogP contribution in [0.15, 0.2) is 78.2 Å². The fraction of sp³-hybridized carbons (Fsp3) is 0.200. The van der Waals surface area contributed by atoms with Crippen LogP contribution in [0.25, 0.3) is 17.1 Å². The zero-order valence-electron chi connectivity index (χ0n) is 18.4. The van der Waals surface area contributed by atoms with Gasteiger partial charge in [-0.15, -0.1) is 10.2 Å². The lowest BCUT2D eigenvalue weighted by Gasteiger charge is -2.11. The number of nitrogens with zero attached hydrogens (tertiary/aromatic N) is 4. The number of aromatic nitrogens is 4. The molecule has 0 radical (unpaired) electrons. The molecule has 2 aromatic carbocycles. The summed E-state index contributed by atoms with van der Waals surface area (Å²) in [5, 5.41) is 13.0. The van der Waals surface area contributed by atoms with E-state index in [1.807, 2.05) is 53.1 Å². The van der Waals surface area contributed by atoms with Gasteiger partial charge >= 0.3 is 0 Å². The number of nitrogens with one attached hydrogen (secondary N) is 1. The van der Waals surface area contributed by atoms with E-state index in [0.717, 1.165) is 23.4 Å². The second-order valence-corrected chi connectivity index (χ2v) is 9.00. The van der Waals surface area contributed by atoms with Gasteiger partial charge in [-0.2, -0.15) is 0 Å². The van der Waals surface area contributed by atoms with Crippen molar-refractivity contribution in [3.05, 3.63) is 83.6 Å². The third kappa shape index (κ3) is 5.61. The third-order valence-electron chi connectivity index (χ3n) is 5.36. The first-order chi connectivity index (χ1) is 16.0. The highest BCUT2D eigenvalue weighted by atomic mass is 35.5. The lowest BCUT2D eigenvalue weighted by atomic mass is 9.99. The van der Waals surface area contributed by atoms with Gasteiger partial charge in [-0.3, -0.25) is 14.3 Å². The quantitative estimate of drug-likeness (QED) is 0.304. The number of carbonyl (C=O) groups is 1. The summed E-state index contributed by atoms with van der Waals surface area (Å²) in [5.41, 5.74) is 3.79. The highest BCUT2D eigenvalue weighted by Gasteiger charge is 2.17. The molecule has 2 heterocycles. The number of hydrogen-bond donors (Lipinski definition) is 1. The first-order valence-corrected chi connectivity index (χ1v) is 12.1. The lowest BCUT2D eigenvalue weighted by molar-refractivity contribution is -0.113. The maximum atomic E-state index is 12.6. The molecule has 0 fully saturated rings. The van der Waals surface area contributed by atoms with Crippen molar-refractivity contribution < 1.29 is 4.79 Å². The number of pyridine rings is 1. The largest absolute Gasteiger partial charge is 0.325 e. The first kappa shape index (κ1) is 23.0. The van der Waals surface area contributed by atoms with Gasteiger partial charge in [0.15, 0.2) is 11.0 Å². The summed E-state index contributed by atoms with van der Waals surface area (Å²) in [5.74, 6) is 1.27. The van der Waals surface area contributed by atoms with E-state index in [1.54, 1.807) is 12.4 Å². The van der Waals surface area contributed by atoms with Crippen molar-refractivity contribution in [3.8, 4) is 17.1 Å². The number of carbonyl (C=O) groups excluding carboxylic acids is 1. The lowest BCUT2D eigenvalue weighted by Crippen LogP contribution is -2.14. The Balaban J connectivity index is 1.51. The molecule has 6 nitrogen and oxygen atoms in total. The highest BCUT2D eigenvalue weighted by Crippen LogP contribution is 2.28. The smallest absolute Gasteiger partial charge is 0.234 e. The molecule has 4 rings (SSSR count). The van der Waals surface area contributed by atoms with Crippen LogP contribution in [0.5, 0.6) is 0 Å². The van der Waals surface area contributed by atoms with Crippen LogP contribution in [0.2, 0.25) is 5.02 Å². The van der Waals surface area contributed by atoms with E-state index < -0.39 is 0 Å². The van der Waals surface area contributed by atoms with Gasteiger partial charge in [0.2, 0.25) is 5.91 Å². The molecule has 4 aromatic rings. The van der Waals surface area contributed by atoms with E-state index in [9.17, 15) is 4.79 Å². The molecule has 0 saturated heterocycles. The van der Waals surface area contributed by atoms with E-state index >= 15 is 0 Å². The molecule has 2 aromatic heterocycles. The number of anilines is 1. The molecule has 1 atom stereocenters. The minimum Gasteiger partial charge on any atom is -0.325 e. The van der Waals surface area contributed by atoms with E-state index in [4.69, 9.17) is 11.6 Å². The van der Waals surface area contributed by atoms with Gasteiger partial charge in [0.25, 0.3) is 0 Å².